The first-order valence-corrected chi connectivity index (χ1v) is 7.43. The fourth-order valence-corrected chi connectivity index (χ4v) is 2.10. The predicted octanol–water partition coefficient (Wildman–Crippen LogP) is 6.16. The second-order valence-electron chi connectivity index (χ2n) is 5.30. The van der Waals surface area contributed by atoms with Gasteiger partial charge in [0.2, 0.25) is 0 Å². The van der Waals surface area contributed by atoms with Gasteiger partial charge in [-0.05, 0) is 22.6 Å². The molecule has 0 bridgehead atoms. The molecule has 0 aliphatic rings. The van der Waals surface area contributed by atoms with Gasteiger partial charge < -0.3 is 0 Å². The summed E-state index contributed by atoms with van der Waals surface area (Å²) in [7, 11) is 0. The third kappa shape index (κ3) is 4.92. The summed E-state index contributed by atoms with van der Waals surface area (Å²) in [6, 6.07) is 31.3. The molecule has 0 N–H and O–H groups in total. The molecule has 0 spiro atoms. The minimum absolute atomic E-state index is 0.659. The first-order valence-electron chi connectivity index (χ1n) is 7.43. The monoisotopic (exact) mass is 274 g/mol. The molecule has 0 aliphatic heterocycles. The predicted molar refractivity (Wildman–Crippen MR) is 92.4 cm³/mol. The summed E-state index contributed by atoms with van der Waals surface area (Å²) in [6.45, 7) is 4.41. The maximum Gasteiger partial charge on any atom is -0.0184 e. The Hall–Kier alpha value is -2.34. The third-order valence-corrected chi connectivity index (χ3v) is 3.35. The molecule has 0 nitrogen and oxygen atoms in total. The van der Waals surface area contributed by atoms with E-state index < -0.39 is 0 Å². The second-order valence-corrected chi connectivity index (χ2v) is 5.30. The van der Waals surface area contributed by atoms with Gasteiger partial charge in [0, 0.05) is 0 Å². The molecule has 0 saturated heterocycles. The molecule has 3 aromatic rings. The van der Waals surface area contributed by atoms with Crippen LogP contribution in [0.5, 0.6) is 0 Å². The average molecular weight is 274 g/mol. The fourth-order valence-electron chi connectivity index (χ4n) is 2.10. The van der Waals surface area contributed by atoms with E-state index in [1.54, 1.807) is 0 Å². The number of rotatable bonds is 2. The van der Waals surface area contributed by atoms with Crippen LogP contribution in [0.4, 0.5) is 0 Å². The van der Waals surface area contributed by atoms with Gasteiger partial charge >= 0.3 is 0 Å². The van der Waals surface area contributed by atoms with E-state index in [0.717, 1.165) is 0 Å². The minimum Gasteiger partial charge on any atom is -0.0622 e. The van der Waals surface area contributed by atoms with E-state index in [0.29, 0.717) is 5.92 Å². The summed E-state index contributed by atoms with van der Waals surface area (Å²) in [6.07, 6.45) is 0. The highest BCUT2D eigenvalue weighted by Crippen LogP contribution is 2.17. The van der Waals surface area contributed by atoms with Gasteiger partial charge in [0.05, 0.1) is 0 Å². The molecular weight excluding hydrogens is 252 g/mol. The number of benzene rings is 3. The van der Waals surface area contributed by atoms with Gasteiger partial charge in [-0.2, -0.15) is 0 Å². The van der Waals surface area contributed by atoms with E-state index in [1.165, 1.54) is 16.7 Å². The summed E-state index contributed by atoms with van der Waals surface area (Å²) < 4.78 is 0. The van der Waals surface area contributed by atoms with Crippen LogP contribution in [-0.2, 0) is 0 Å². The third-order valence-electron chi connectivity index (χ3n) is 3.35. The maximum absolute atomic E-state index is 2.20. The Kier molecular flexibility index (Phi) is 5.78. The lowest BCUT2D eigenvalue weighted by atomic mass is 10.0. The van der Waals surface area contributed by atoms with Crippen LogP contribution >= 0.6 is 0 Å². The standard InChI is InChI=1S/C12H10.C9H12/c1-3-7-11(8-4-1)12-9-5-2-6-10-12;1-8(2)9-6-4-3-5-7-9/h1-10H;3-8H,1-2H3. The van der Waals surface area contributed by atoms with Gasteiger partial charge in [0.1, 0.15) is 0 Å². The van der Waals surface area contributed by atoms with Gasteiger partial charge in [-0.3, -0.25) is 0 Å². The second kappa shape index (κ2) is 8.06. The quantitative estimate of drug-likeness (QED) is 0.524. The molecule has 0 fully saturated rings. The van der Waals surface area contributed by atoms with E-state index in [1.807, 2.05) is 18.2 Å². The fraction of sp³-hybridized carbons (Fsp3) is 0.143. The summed E-state index contributed by atoms with van der Waals surface area (Å²) in [5, 5.41) is 0. The van der Waals surface area contributed by atoms with Crippen molar-refractivity contribution in [3.8, 4) is 11.1 Å². The largest absolute Gasteiger partial charge is 0.0622 e. The van der Waals surface area contributed by atoms with Gasteiger partial charge in [-0.1, -0.05) is 105 Å². The van der Waals surface area contributed by atoms with Gasteiger partial charge in [0.15, 0.2) is 0 Å². The molecule has 0 aromatic heterocycles. The van der Waals surface area contributed by atoms with Crippen LogP contribution < -0.4 is 0 Å². The smallest absolute Gasteiger partial charge is 0.0184 e. The van der Waals surface area contributed by atoms with Crippen molar-refractivity contribution in [2.75, 3.05) is 0 Å². The molecule has 106 valence electrons. The van der Waals surface area contributed by atoms with Crippen molar-refractivity contribution in [1.29, 1.82) is 0 Å². The lowest BCUT2D eigenvalue weighted by Crippen LogP contribution is -1.83. The van der Waals surface area contributed by atoms with E-state index in [4.69, 9.17) is 0 Å². The van der Waals surface area contributed by atoms with Crippen LogP contribution in [0.25, 0.3) is 11.1 Å². The highest BCUT2D eigenvalue weighted by Gasteiger charge is 1.93. The Labute approximate surface area is 128 Å². The van der Waals surface area contributed by atoms with E-state index in [2.05, 4.69) is 86.6 Å². The molecular formula is C21H22. The SMILES string of the molecule is CC(C)c1ccccc1.c1ccc(-c2ccccc2)cc1. The van der Waals surface area contributed by atoms with Gasteiger partial charge in [0.25, 0.3) is 0 Å². The molecule has 0 heterocycles. The molecule has 3 aromatic carbocycles. The van der Waals surface area contributed by atoms with Crippen LogP contribution in [0.2, 0.25) is 0 Å². The van der Waals surface area contributed by atoms with Crippen LogP contribution in [0.3, 0.4) is 0 Å². The van der Waals surface area contributed by atoms with Crippen LogP contribution in [0.15, 0.2) is 91.0 Å². The van der Waals surface area contributed by atoms with Crippen LogP contribution in [0, 0.1) is 0 Å². The summed E-state index contributed by atoms with van der Waals surface area (Å²) in [5.74, 6) is 0.659. The maximum atomic E-state index is 2.20. The highest BCUT2D eigenvalue weighted by molar-refractivity contribution is 5.62. The van der Waals surface area contributed by atoms with Gasteiger partial charge in [-0.25, -0.2) is 0 Å². The van der Waals surface area contributed by atoms with Crippen molar-refractivity contribution < 1.29 is 0 Å². The zero-order valence-electron chi connectivity index (χ0n) is 12.7. The number of hydrogen-bond donors (Lipinski definition) is 0. The molecule has 0 radical (unpaired) electrons. The lowest BCUT2D eigenvalue weighted by Gasteiger charge is -2.01. The topological polar surface area (TPSA) is 0 Å². The van der Waals surface area contributed by atoms with Crippen molar-refractivity contribution >= 4 is 0 Å². The first kappa shape index (κ1) is 15.1. The van der Waals surface area contributed by atoms with Crippen molar-refractivity contribution in [3.63, 3.8) is 0 Å². The molecule has 0 atom stereocenters. The Morgan fingerprint density at radius 2 is 0.810 bits per heavy atom. The van der Waals surface area contributed by atoms with E-state index in [9.17, 15) is 0 Å². The highest BCUT2D eigenvalue weighted by atomic mass is 14.0. The van der Waals surface area contributed by atoms with Crippen LogP contribution in [-0.4, -0.2) is 0 Å². The zero-order valence-corrected chi connectivity index (χ0v) is 12.7. The normalized spacial score (nSPS) is 9.86. The molecule has 3 rings (SSSR count). The first-order chi connectivity index (χ1) is 10.3. The molecule has 0 aliphatic carbocycles. The summed E-state index contributed by atoms with van der Waals surface area (Å²) in [4.78, 5) is 0. The van der Waals surface area contributed by atoms with Gasteiger partial charge in [-0.15, -0.1) is 0 Å². The van der Waals surface area contributed by atoms with Crippen molar-refractivity contribution in [2.45, 2.75) is 19.8 Å². The number of hydrogen-bond acceptors (Lipinski definition) is 0. The Balaban J connectivity index is 0.000000161. The lowest BCUT2D eigenvalue weighted by molar-refractivity contribution is 0.867. The molecule has 0 heteroatoms. The summed E-state index contributed by atoms with van der Waals surface area (Å²) in [5.41, 5.74) is 3.97. The average Bonchev–Trinajstić information content (AvgIpc) is 2.58. The zero-order chi connectivity index (χ0) is 14.9. The molecule has 0 saturated carbocycles. The Morgan fingerprint density at radius 1 is 0.476 bits per heavy atom. The van der Waals surface area contributed by atoms with Crippen LogP contribution in [0.1, 0.15) is 25.3 Å². The van der Waals surface area contributed by atoms with Crippen molar-refractivity contribution in [1.82, 2.24) is 0 Å². The Bertz CT molecular complexity index is 572. The Morgan fingerprint density at radius 3 is 1.10 bits per heavy atom. The van der Waals surface area contributed by atoms with Crippen molar-refractivity contribution in [2.24, 2.45) is 0 Å². The molecule has 0 unspecified atom stereocenters. The van der Waals surface area contributed by atoms with E-state index in [-0.39, 0.29) is 0 Å². The minimum atomic E-state index is 0.659. The van der Waals surface area contributed by atoms with Crippen molar-refractivity contribution in [3.05, 3.63) is 96.6 Å². The molecule has 21 heavy (non-hydrogen) atoms. The molecule has 0 amide bonds. The summed E-state index contributed by atoms with van der Waals surface area (Å²) >= 11 is 0. The van der Waals surface area contributed by atoms with E-state index >= 15 is 0 Å².